The Hall–Kier alpha value is -0.570. The van der Waals surface area contributed by atoms with Gasteiger partial charge in [-0.05, 0) is 30.7 Å². The molecular formula is C12H22N2O. The lowest BCUT2D eigenvalue weighted by Gasteiger charge is -2.30. The van der Waals surface area contributed by atoms with Crippen molar-refractivity contribution >= 4 is 5.91 Å². The third-order valence-electron chi connectivity index (χ3n) is 3.99. The molecule has 1 aliphatic carbocycles. The highest BCUT2D eigenvalue weighted by atomic mass is 16.2. The first-order valence-corrected chi connectivity index (χ1v) is 6.02. The minimum absolute atomic E-state index is 0.245. The van der Waals surface area contributed by atoms with Gasteiger partial charge in [-0.1, -0.05) is 20.8 Å². The van der Waals surface area contributed by atoms with E-state index in [1.807, 2.05) is 0 Å². The molecule has 0 aromatic carbocycles. The van der Waals surface area contributed by atoms with Crippen molar-refractivity contribution in [2.24, 2.45) is 17.3 Å². The van der Waals surface area contributed by atoms with E-state index in [0.29, 0.717) is 12.0 Å². The monoisotopic (exact) mass is 210 g/mol. The summed E-state index contributed by atoms with van der Waals surface area (Å²) >= 11 is 0. The van der Waals surface area contributed by atoms with Crippen LogP contribution < -0.4 is 10.6 Å². The van der Waals surface area contributed by atoms with E-state index in [1.54, 1.807) is 0 Å². The summed E-state index contributed by atoms with van der Waals surface area (Å²) in [5, 5.41) is 6.52. The maximum absolute atomic E-state index is 11.9. The summed E-state index contributed by atoms with van der Waals surface area (Å²) < 4.78 is 0. The molecule has 2 N–H and O–H groups in total. The van der Waals surface area contributed by atoms with Crippen LogP contribution in [-0.2, 0) is 4.79 Å². The first kappa shape index (κ1) is 10.9. The van der Waals surface area contributed by atoms with Crippen molar-refractivity contribution in [1.29, 1.82) is 0 Å². The van der Waals surface area contributed by atoms with Gasteiger partial charge in [-0.25, -0.2) is 0 Å². The highest BCUT2D eigenvalue weighted by molar-refractivity contribution is 5.82. The zero-order valence-electron chi connectivity index (χ0n) is 9.97. The maximum Gasteiger partial charge on any atom is 0.223 e. The van der Waals surface area contributed by atoms with Gasteiger partial charge < -0.3 is 10.6 Å². The minimum Gasteiger partial charge on any atom is -0.352 e. The summed E-state index contributed by atoms with van der Waals surface area (Å²) in [6.07, 6.45) is 2.21. The Morgan fingerprint density at radius 2 is 2.13 bits per heavy atom. The van der Waals surface area contributed by atoms with Crippen LogP contribution in [0.1, 0.15) is 33.6 Å². The Bertz CT molecular complexity index is 262. The summed E-state index contributed by atoms with van der Waals surface area (Å²) in [7, 11) is 0. The van der Waals surface area contributed by atoms with E-state index in [2.05, 4.69) is 31.4 Å². The summed E-state index contributed by atoms with van der Waals surface area (Å²) in [6.45, 7) is 8.58. The van der Waals surface area contributed by atoms with Crippen molar-refractivity contribution < 1.29 is 4.79 Å². The fourth-order valence-electron chi connectivity index (χ4n) is 2.38. The molecule has 2 fully saturated rings. The molecule has 0 aromatic rings. The first-order chi connectivity index (χ1) is 7.00. The van der Waals surface area contributed by atoms with E-state index in [1.165, 1.54) is 6.42 Å². The Balaban J connectivity index is 1.83. The Morgan fingerprint density at radius 3 is 2.67 bits per heavy atom. The van der Waals surface area contributed by atoms with E-state index in [4.69, 9.17) is 0 Å². The lowest BCUT2D eigenvalue weighted by molar-refractivity contribution is -0.124. The molecule has 3 nitrogen and oxygen atoms in total. The summed E-state index contributed by atoms with van der Waals surface area (Å²) in [5.41, 5.74) is 0.245. The molecule has 0 spiro atoms. The number of rotatable bonds is 2. The predicted molar refractivity (Wildman–Crippen MR) is 60.5 cm³/mol. The van der Waals surface area contributed by atoms with Crippen LogP contribution in [0.2, 0.25) is 0 Å². The van der Waals surface area contributed by atoms with Crippen molar-refractivity contribution in [2.45, 2.75) is 39.7 Å². The average Bonchev–Trinajstić information content (AvgIpc) is 2.79. The quantitative estimate of drug-likeness (QED) is 0.718. The molecule has 0 aromatic heterocycles. The van der Waals surface area contributed by atoms with Gasteiger partial charge in [0.05, 0.1) is 0 Å². The zero-order chi connectivity index (χ0) is 11.1. The number of carbonyl (C=O) groups excluding carboxylic acids is 1. The molecule has 1 saturated carbocycles. The van der Waals surface area contributed by atoms with E-state index >= 15 is 0 Å². The molecule has 3 unspecified atom stereocenters. The number of amides is 1. The third kappa shape index (κ3) is 2.33. The van der Waals surface area contributed by atoms with Gasteiger partial charge >= 0.3 is 0 Å². The standard InChI is InChI=1S/C12H22N2O/c1-8-4-5-13-7-10(8)14-11(15)9-6-12(9,2)3/h8-10,13H,4-7H2,1-3H3,(H,14,15). The van der Waals surface area contributed by atoms with Crippen molar-refractivity contribution in [2.75, 3.05) is 13.1 Å². The molecule has 0 radical (unpaired) electrons. The van der Waals surface area contributed by atoms with E-state index in [0.717, 1.165) is 19.5 Å². The van der Waals surface area contributed by atoms with Crippen molar-refractivity contribution in [3.05, 3.63) is 0 Å². The number of nitrogens with one attached hydrogen (secondary N) is 2. The topological polar surface area (TPSA) is 41.1 Å². The highest BCUT2D eigenvalue weighted by Gasteiger charge is 2.50. The van der Waals surface area contributed by atoms with Crippen molar-refractivity contribution in [3.8, 4) is 0 Å². The molecule has 3 atom stereocenters. The molecule has 1 saturated heterocycles. The van der Waals surface area contributed by atoms with E-state index < -0.39 is 0 Å². The van der Waals surface area contributed by atoms with Gasteiger partial charge in [0, 0.05) is 18.5 Å². The molecule has 0 bridgehead atoms. The lowest BCUT2D eigenvalue weighted by atomic mass is 9.94. The van der Waals surface area contributed by atoms with Gasteiger partial charge in [0.2, 0.25) is 5.91 Å². The molecule has 2 aliphatic rings. The molecule has 2 rings (SSSR count). The van der Waals surface area contributed by atoms with Crippen LogP contribution in [0.25, 0.3) is 0 Å². The minimum atomic E-state index is 0.245. The van der Waals surface area contributed by atoms with Crippen LogP contribution in [0.4, 0.5) is 0 Å². The molecule has 1 aliphatic heterocycles. The molecule has 3 heteroatoms. The number of piperidine rings is 1. The molecule has 86 valence electrons. The van der Waals surface area contributed by atoms with Crippen molar-refractivity contribution in [3.63, 3.8) is 0 Å². The van der Waals surface area contributed by atoms with Crippen LogP contribution >= 0.6 is 0 Å². The molecule has 1 heterocycles. The van der Waals surface area contributed by atoms with Gasteiger partial charge in [0.1, 0.15) is 0 Å². The second-order valence-corrected chi connectivity index (χ2v) is 5.83. The Kier molecular flexibility index (Phi) is 2.75. The van der Waals surface area contributed by atoms with Crippen LogP contribution in [-0.4, -0.2) is 25.0 Å². The van der Waals surface area contributed by atoms with Gasteiger partial charge in [-0.2, -0.15) is 0 Å². The van der Waals surface area contributed by atoms with Crippen LogP contribution in [0, 0.1) is 17.3 Å². The highest BCUT2D eigenvalue weighted by Crippen LogP contribution is 2.51. The third-order valence-corrected chi connectivity index (χ3v) is 3.99. The molecule has 1 amide bonds. The number of carbonyl (C=O) groups is 1. The second-order valence-electron chi connectivity index (χ2n) is 5.83. The summed E-state index contributed by atoms with van der Waals surface area (Å²) in [6, 6.07) is 0.336. The Morgan fingerprint density at radius 1 is 1.47 bits per heavy atom. The average molecular weight is 210 g/mol. The maximum atomic E-state index is 11.9. The van der Waals surface area contributed by atoms with Gasteiger partial charge in [-0.3, -0.25) is 4.79 Å². The molecular weight excluding hydrogens is 188 g/mol. The molecule has 15 heavy (non-hydrogen) atoms. The van der Waals surface area contributed by atoms with Crippen LogP contribution in [0.3, 0.4) is 0 Å². The van der Waals surface area contributed by atoms with Crippen molar-refractivity contribution in [1.82, 2.24) is 10.6 Å². The predicted octanol–water partition coefficient (Wildman–Crippen LogP) is 1.15. The largest absolute Gasteiger partial charge is 0.352 e. The SMILES string of the molecule is CC1CCNCC1NC(=O)C1CC1(C)C. The van der Waals surface area contributed by atoms with Gasteiger partial charge in [0.25, 0.3) is 0 Å². The van der Waals surface area contributed by atoms with Gasteiger partial charge in [0.15, 0.2) is 0 Å². The number of hydrogen-bond acceptors (Lipinski definition) is 2. The fraction of sp³-hybridized carbons (Fsp3) is 0.917. The van der Waals surface area contributed by atoms with E-state index in [9.17, 15) is 4.79 Å². The lowest BCUT2D eigenvalue weighted by Crippen LogP contribution is -2.50. The van der Waals surface area contributed by atoms with E-state index in [-0.39, 0.29) is 17.2 Å². The zero-order valence-corrected chi connectivity index (χ0v) is 9.97. The Labute approximate surface area is 92.0 Å². The number of hydrogen-bond donors (Lipinski definition) is 2. The summed E-state index contributed by atoms with van der Waals surface area (Å²) in [4.78, 5) is 11.9. The first-order valence-electron chi connectivity index (χ1n) is 6.02. The van der Waals surface area contributed by atoms with Crippen LogP contribution in [0.15, 0.2) is 0 Å². The smallest absolute Gasteiger partial charge is 0.223 e. The summed E-state index contributed by atoms with van der Waals surface area (Å²) in [5.74, 6) is 1.13. The van der Waals surface area contributed by atoms with Gasteiger partial charge in [-0.15, -0.1) is 0 Å². The second kappa shape index (κ2) is 3.78. The normalized spacial score (nSPS) is 38.5. The fourth-order valence-corrected chi connectivity index (χ4v) is 2.38. The van der Waals surface area contributed by atoms with Crippen LogP contribution in [0.5, 0.6) is 0 Å².